The van der Waals surface area contributed by atoms with E-state index in [2.05, 4.69) is 41.2 Å². The summed E-state index contributed by atoms with van der Waals surface area (Å²) < 4.78 is 0. The number of benzene rings is 1. The van der Waals surface area contributed by atoms with Gasteiger partial charge in [0.1, 0.15) is 11.0 Å². The van der Waals surface area contributed by atoms with Crippen molar-refractivity contribution in [1.29, 1.82) is 0 Å². The molecule has 2 nitrogen and oxygen atoms in total. The Morgan fingerprint density at radius 2 is 1.94 bits per heavy atom. The van der Waals surface area contributed by atoms with E-state index in [1.807, 2.05) is 13.0 Å². The first-order valence-corrected chi connectivity index (χ1v) is 6.73. The maximum atomic E-state index is 6.03. The third-order valence-corrected chi connectivity index (χ3v) is 3.01. The second-order valence-electron chi connectivity index (χ2n) is 4.30. The van der Waals surface area contributed by atoms with Crippen molar-refractivity contribution in [2.75, 3.05) is 0 Å². The molecule has 1 heterocycles. The molecule has 0 radical (unpaired) electrons. The van der Waals surface area contributed by atoms with Crippen molar-refractivity contribution in [2.24, 2.45) is 0 Å². The fraction of sp³-hybridized carbons (Fsp3) is 0.333. The summed E-state index contributed by atoms with van der Waals surface area (Å²) in [5.74, 6) is 0.790. The van der Waals surface area contributed by atoms with Crippen molar-refractivity contribution in [3.05, 3.63) is 46.9 Å². The van der Waals surface area contributed by atoms with Gasteiger partial charge in [-0.25, -0.2) is 9.97 Å². The molecule has 3 heteroatoms. The molecule has 0 spiro atoms. The summed E-state index contributed by atoms with van der Waals surface area (Å²) in [5.41, 5.74) is 3.35. The summed E-state index contributed by atoms with van der Waals surface area (Å²) >= 11 is 6.03. The van der Waals surface area contributed by atoms with Crippen LogP contribution in [0.5, 0.6) is 0 Å². The fourth-order valence-corrected chi connectivity index (χ4v) is 2.15. The Labute approximate surface area is 113 Å². The lowest BCUT2D eigenvalue weighted by Gasteiger charge is -2.06. The van der Waals surface area contributed by atoms with Crippen LogP contribution in [0.3, 0.4) is 0 Å². The molecule has 0 saturated heterocycles. The zero-order chi connectivity index (χ0) is 13.0. The van der Waals surface area contributed by atoms with Gasteiger partial charge in [0, 0.05) is 18.1 Å². The van der Waals surface area contributed by atoms with Crippen molar-refractivity contribution < 1.29 is 0 Å². The van der Waals surface area contributed by atoms with Gasteiger partial charge in [-0.1, -0.05) is 50.1 Å². The van der Waals surface area contributed by atoms with Gasteiger partial charge in [-0.15, -0.1) is 0 Å². The highest BCUT2D eigenvalue weighted by atomic mass is 35.5. The molecule has 0 unspecified atom stereocenters. The Morgan fingerprint density at radius 1 is 1.11 bits per heavy atom. The molecule has 0 aliphatic rings. The molecule has 0 N–H and O–H groups in total. The molecule has 0 amide bonds. The molecular weight excluding hydrogens is 244 g/mol. The van der Waals surface area contributed by atoms with Crippen LogP contribution in [0, 0.1) is 0 Å². The van der Waals surface area contributed by atoms with Gasteiger partial charge in [-0.3, -0.25) is 0 Å². The van der Waals surface area contributed by atoms with Crippen molar-refractivity contribution in [3.8, 4) is 11.3 Å². The molecule has 0 aliphatic heterocycles. The van der Waals surface area contributed by atoms with Gasteiger partial charge in [-0.2, -0.15) is 0 Å². The molecule has 94 valence electrons. The van der Waals surface area contributed by atoms with Crippen molar-refractivity contribution >= 4 is 11.6 Å². The number of aryl methyl sites for hydroxylation is 2. The number of aromatic nitrogens is 2. The van der Waals surface area contributed by atoms with Gasteiger partial charge < -0.3 is 0 Å². The summed E-state index contributed by atoms with van der Waals surface area (Å²) in [5, 5.41) is 0.512. The number of hydrogen-bond acceptors (Lipinski definition) is 2. The van der Waals surface area contributed by atoms with E-state index < -0.39 is 0 Å². The zero-order valence-electron chi connectivity index (χ0n) is 10.8. The summed E-state index contributed by atoms with van der Waals surface area (Å²) in [6.07, 6.45) is 3.03. The standard InChI is InChI=1S/C15H17ClN2/c1-3-6-11-7-5-8-12(9-11)13-10-14(16)18-15(4-2)17-13/h5,7-10H,3-4,6H2,1-2H3. The number of rotatable bonds is 4. The quantitative estimate of drug-likeness (QED) is 0.766. The number of nitrogens with zero attached hydrogens (tertiary/aromatic N) is 2. The number of hydrogen-bond donors (Lipinski definition) is 0. The Balaban J connectivity index is 2.41. The lowest BCUT2D eigenvalue weighted by atomic mass is 10.0. The Bertz CT molecular complexity index is 538. The Morgan fingerprint density at radius 3 is 2.67 bits per heavy atom. The first-order valence-electron chi connectivity index (χ1n) is 6.35. The average molecular weight is 261 g/mol. The van der Waals surface area contributed by atoms with E-state index in [0.29, 0.717) is 5.15 Å². The second kappa shape index (κ2) is 5.96. The Kier molecular flexibility index (Phi) is 4.32. The van der Waals surface area contributed by atoms with Crippen molar-refractivity contribution in [1.82, 2.24) is 9.97 Å². The normalized spacial score (nSPS) is 10.6. The molecular formula is C15H17ClN2. The number of halogens is 1. The van der Waals surface area contributed by atoms with Crippen LogP contribution in [0.4, 0.5) is 0 Å². The molecule has 0 aliphatic carbocycles. The molecule has 2 rings (SSSR count). The van der Waals surface area contributed by atoms with E-state index >= 15 is 0 Å². The first kappa shape index (κ1) is 13.0. The predicted octanol–water partition coefficient (Wildman–Crippen LogP) is 4.31. The zero-order valence-corrected chi connectivity index (χ0v) is 11.5. The van der Waals surface area contributed by atoms with E-state index in [1.54, 1.807) is 0 Å². The first-order chi connectivity index (χ1) is 8.72. The van der Waals surface area contributed by atoms with Gasteiger partial charge in [0.15, 0.2) is 0 Å². The SMILES string of the molecule is CCCc1cccc(-c2cc(Cl)nc(CC)n2)c1. The minimum absolute atomic E-state index is 0.512. The predicted molar refractivity (Wildman–Crippen MR) is 75.9 cm³/mol. The summed E-state index contributed by atoms with van der Waals surface area (Å²) in [6.45, 7) is 4.21. The van der Waals surface area contributed by atoms with Crippen LogP contribution >= 0.6 is 11.6 Å². The highest BCUT2D eigenvalue weighted by Gasteiger charge is 2.05. The van der Waals surface area contributed by atoms with Gasteiger partial charge in [0.2, 0.25) is 0 Å². The lowest BCUT2D eigenvalue weighted by molar-refractivity contribution is 0.920. The van der Waals surface area contributed by atoms with E-state index in [1.165, 1.54) is 5.56 Å². The smallest absolute Gasteiger partial charge is 0.133 e. The fourth-order valence-electron chi connectivity index (χ4n) is 1.95. The minimum atomic E-state index is 0.512. The molecule has 2 aromatic rings. The summed E-state index contributed by atoms with van der Waals surface area (Å²) in [7, 11) is 0. The van der Waals surface area contributed by atoms with Crippen LogP contribution in [0.1, 0.15) is 31.7 Å². The Hall–Kier alpha value is -1.41. The average Bonchev–Trinajstić information content (AvgIpc) is 2.39. The molecule has 1 aromatic heterocycles. The van der Waals surface area contributed by atoms with Crippen LogP contribution in [0.15, 0.2) is 30.3 Å². The van der Waals surface area contributed by atoms with Gasteiger partial charge >= 0.3 is 0 Å². The van der Waals surface area contributed by atoms with Crippen molar-refractivity contribution in [2.45, 2.75) is 33.1 Å². The monoisotopic (exact) mass is 260 g/mol. The van der Waals surface area contributed by atoms with E-state index in [4.69, 9.17) is 11.6 Å². The molecule has 0 fully saturated rings. The minimum Gasteiger partial charge on any atom is -0.233 e. The van der Waals surface area contributed by atoms with Crippen molar-refractivity contribution in [3.63, 3.8) is 0 Å². The van der Waals surface area contributed by atoms with E-state index in [9.17, 15) is 0 Å². The van der Waals surface area contributed by atoms with Gasteiger partial charge in [0.05, 0.1) is 5.69 Å². The maximum absolute atomic E-state index is 6.03. The van der Waals surface area contributed by atoms with Gasteiger partial charge in [-0.05, 0) is 18.1 Å². The van der Waals surface area contributed by atoms with Crippen LogP contribution in [-0.2, 0) is 12.8 Å². The van der Waals surface area contributed by atoms with E-state index in [-0.39, 0.29) is 0 Å². The van der Waals surface area contributed by atoms with Crippen LogP contribution in [0.25, 0.3) is 11.3 Å². The second-order valence-corrected chi connectivity index (χ2v) is 4.68. The lowest BCUT2D eigenvalue weighted by Crippen LogP contribution is -1.96. The third kappa shape index (κ3) is 3.08. The summed E-state index contributed by atoms with van der Waals surface area (Å²) in [6, 6.07) is 10.3. The molecule has 1 aromatic carbocycles. The summed E-state index contributed by atoms with van der Waals surface area (Å²) in [4.78, 5) is 8.72. The molecule has 0 saturated carbocycles. The molecule has 0 atom stereocenters. The highest BCUT2D eigenvalue weighted by Crippen LogP contribution is 2.21. The van der Waals surface area contributed by atoms with Crippen LogP contribution in [0.2, 0.25) is 5.15 Å². The topological polar surface area (TPSA) is 25.8 Å². The van der Waals surface area contributed by atoms with Crippen LogP contribution < -0.4 is 0 Å². The largest absolute Gasteiger partial charge is 0.233 e. The van der Waals surface area contributed by atoms with Crippen LogP contribution in [-0.4, -0.2) is 9.97 Å². The molecule has 18 heavy (non-hydrogen) atoms. The third-order valence-electron chi connectivity index (χ3n) is 2.82. The maximum Gasteiger partial charge on any atom is 0.133 e. The molecule has 0 bridgehead atoms. The van der Waals surface area contributed by atoms with E-state index in [0.717, 1.165) is 36.3 Å². The highest BCUT2D eigenvalue weighted by molar-refractivity contribution is 6.29. The van der Waals surface area contributed by atoms with Gasteiger partial charge in [0.25, 0.3) is 0 Å².